The van der Waals surface area contributed by atoms with Crippen molar-refractivity contribution in [3.05, 3.63) is 71.2 Å². The molecule has 0 fully saturated rings. The van der Waals surface area contributed by atoms with Crippen LogP contribution in [0.15, 0.2) is 64.9 Å². The number of thiazole rings is 1. The molecule has 1 amide bonds. The zero-order chi connectivity index (χ0) is 20.5. The van der Waals surface area contributed by atoms with Crippen LogP contribution in [0.5, 0.6) is 0 Å². The predicted molar refractivity (Wildman–Crippen MR) is 117 cm³/mol. The topological polar surface area (TPSA) is 68.3 Å². The van der Waals surface area contributed by atoms with Gasteiger partial charge in [-0.1, -0.05) is 48.0 Å². The van der Waals surface area contributed by atoms with E-state index in [0.717, 1.165) is 28.3 Å². The van der Waals surface area contributed by atoms with Crippen LogP contribution in [0.25, 0.3) is 10.6 Å². The first kappa shape index (κ1) is 21.1. The molecule has 0 aliphatic heterocycles. The fourth-order valence-electron chi connectivity index (χ4n) is 2.46. The van der Waals surface area contributed by atoms with Crippen molar-refractivity contribution in [1.29, 1.82) is 0 Å². The fraction of sp³-hybridized carbons (Fsp3) is 0.227. The van der Waals surface area contributed by atoms with Crippen LogP contribution in [0.4, 0.5) is 0 Å². The standard InChI is InChI=1S/C22H22N2O3S2/c1-16-8-10-17(11-9-16)21-24-19(15-29-21)22(26)27-14-20(25)23-12-5-13-28-18-6-3-2-4-7-18/h2-4,6-11,15H,5,12-14H2,1H3,(H,23,25). The van der Waals surface area contributed by atoms with Gasteiger partial charge in [0, 0.05) is 22.4 Å². The number of ether oxygens (including phenoxy) is 1. The summed E-state index contributed by atoms with van der Waals surface area (Å²) >= 11 is 3.12. The number of benzene rings is 2. The number of hydrogen-bond donors (Lipinski definition) is 1. The number of esters is 1. The maximum Gasteiger partial charge on any atom is 0.358 e. The van der Waals surface area contributed by atoms with Crippen molar-refractivity contribution in [3.63, 3.8) is 0 Å². The van der Waals surface area contributed by atoms with Crippen molar-refractivity contribution >= 4 is 35.0 Å². The van der Waals surface area contributed by atoms with Gasteiger partial charge in [-0.3, -0.25) is 4.79 Å². The molecule has 1 N–H and O–H groups in total. The molecule has 3 aromatic rings. The van der Waals surface area contributed by atoms with Gasteiger partial charge in [-0.15, -0.1) is 23.1 Å². The number of amides is 1. The van der Waals surface area contributed by atoms with Gasteiger partial charge in [-0.05, 0) is 31.2 Å². The van der Waals surface area contributed by atoms with Crippen molar-refractivity contribution < 1.29 is 14.3 Å². The van der Waals surface area contributed by atoms with E-state index in [1.54, 1.807) is 17.1 Å². The summed E-state index contributed by atoms with van der Waals surface area (Å²) in [6.07, 6.45) is 0.839. The van der Waals surface area contributed by atoms with Crippen molar-refractivity contribution in [3.8, 4) is 10.6 Å². The minimum absolute atomic E-state index is 0.220. The van der Waals surface area contributed by atoms with E-state index in [2.05, 4.69) is 22.4 Å². The first-order valence-electron chi connectivity index (χ1n) is 9.26. The molecule has 0 atom stereocenters. The van der Waals surface area contributed by atoms with Crippen molar-refractivity contribution in [2.75, 3.05) is 18.9 Å². The quantitative estimate of drug-likeness (QED) is 0.308. The maximum absolute atomic E-state index is 12.1. The molecule has 0 bridgehead atoms. The second kappa shape index (κ2) is 10.8. The van der Waals surface area contributed by atoms with Crippen molar-refractivity contribution in [2.24, 2.45) is 0 Å². The van der Waals surface area contributed by atoms with Crippen LogP contribution in [0.2, 0.25) is 0 Å². The van der Waals surface area contributed by atoms with Crippen LogP contribution in [0.3, 0.4) is 0 Å². The summed E-state index contributed by atoms with van der Waals surface area (Å²) in [5.74, 6) is 0.0106. The third kappa shape index (κ3) is 6.73. The number of rotatable bonds is 9. The molecular weight excluding hydrogens is 404 g/mol. The summed E-state index contributed by atoms with van der Waals surface area (Å²) in [7, 11) is 0. The number of thioether (sulfide) groups is 1. The number of aryl methyl sites for hydroxylation is 1. The van der Waals surface area contributed by atoms with E-state index >= 15 is 0 Å². The molecule has 0 saturated heterocycles. The monoisotopic (exact) mass is 426 g/mol. The summed E-state index contributed by atoms with van der Waals surface area (Å²) < 4.78 is 5.07. The largest absolute Gasteiger partial charge is 0.451 e. The first-order chi connectivity index (χ1) is 14.1. The normalized spacial score (nSPS) is 10.5. The number of aromatic nitrogens is 1. The lowest BCUT2D eigenvalue weighted by atomic mass is 10.2. The molecule has 150 valence electrons. The Labute approximate surface area is 178 Å². The molecule has 1 heterocycles. The summed E-state index contributed by atoms with van der Waals surface area (Å²) in [4.78, 5) is 29.5. The molecule has 2 aromatic carbocycles. The van der Waals surface area contributed by atoms with Gasteiger partial charge in [-0.25, -0.2) is 9.78 Å². The van der Waals surface area contributed by atoms with Crippen LogP contribution in [-0.4, -0.2) is 35.8 Å². The average Bonchev–Trinajstić information content (AvgIpc) is 3.23. The van der Waals surface area contributed by atoms with Gasteiger partial charge >= 0.3 is 5.97 Å². The van der Waals surface area contributed by atoms with Crippen LogP contribution in [0, 0.1) is 6.92 Å². The SMILES string of the molecule is Cc1ccc(-c2nc(C(=O)OCC(=O)NCCCSc3ccccc3)cs2)cc1. The molecule has 0 radical (unpaired) electrons. The highest BCUT2D eigenvalue weighted by molar-refractivity contribution is 7.99. The maximum atomic E-state index is 12.1. The second-order valence-corrected chi connectivity index (χ2v) is 8.37. The Balaban J connectivity index is 1.35. The average molecular weight is 427 g/mol. The molecule has 7 heteroatoms. The summed E-state index contributed by atoms with van der Waals surface area (Å²) in [6.45, 7) is 2.26. The van der Waals surface area contributed by atoms with Crippen molar-refractivity contribution in [2.45, 2.75) is 18.2 Å². The zero-order valence-corrected chi connectivity index (χ0v) is 17.7. The highest BCUT2D eigenvalue weighted by Gasteiger charge is 2.14. The van der Waals surface area contributed by atoms with E-state index in [9.17, 15) is 9.59 Å². The van der Waals surface area contributed by atoms with Gasteiger partial charge in [0.15, 0.2) is 12.3 Å². The van der Waals surface area contributed by atoms with Gasteiger partial charge in [0.05, 0.1) is 0 Å². The first-order valence-corrected chi connectivity index (χ1v) is 11.1. The lowest BCUT2D eigenvalue weighted by Crippen LogP contribution is -2.29. The molecule has 0 saturated carbocycles. The smallest absolute Gasteiger partial charge is 0.358 e. The van der Waals surface area contributed by atoms with E-state index in [-0.39, 0.29) is 18.2 Å². The molecule has 0 spiro atoms. The number of carbonyl (C=O) groups excluding carboxylic acids is 2. The molecule has 1 aromatic heterocycles. The summed E-state index contributed by atoms with van der Waals surface area (Å²) in [5, 5.41) is 5.16. The van der Waals surface area contributed by atoms with Crippen LogP contribution in [0.1, 0.15) is 22.5 Å². The van der Waals surface area contributed by atoms with E-state index in [4.69, 9.17) is 4.74 Å². The lowest BCUT2D eigenvalue weighted by Gasteiger charge is -2.06. The minimum Gasteiger partial charge on any atom is -0.451 e. The molecule has 3 rings (SSSR count). The third-order valence-electron chi connectivity index (χ3n) is 4.00. The third-order valence-corrected chi connectivity index (χ3v) is 5.99. The number of hydrogen-bond acceptors (Lipinski definition) is 6. The Kier molecular flexibility index (Phi) is 7.84. The second-order valence-electron chi connectivity index (χ2n) is 6.35. The predicted octanol–water partition coefficient (Wildman–Crippen LogP) is 4.57. The van der Waals surface area contributed by atoms with Gasteiger partial charge in [-0.2, -0.15) is 0 Å². The lowest BCUT2D eigenvalue weighted by molar-refractivity contribution is -0.124. The Bertz CT molecular complexity index is 940. The number of carbonyl (C=O) groups is 2. The molecule has 0 unspecified atom stereocenters. The van der Waals surface area contributed by atoms with Crippen LogP contribution in [-0.2, 0) is 9.53 Å². The van der Waals surface area contributed by atoms with Gasteiger partial charge in [0.2, 0.25) is 0 Å². The number of nitrogens with zero attached hydrogens (tertiary/aromatic N) is 1. The minimum atomic E-state index is -0.589. The molecule has 0 aliphatic rings. The van der Waals surface area contributed by atoms with Gasteiger partial charge in [0.1, 0.15) is 5.01 Å². The molecular formula is C22H22N2O3S2. The summed E-state index contributed by atoms with van der Waals surface area (Å²) in [5.41, 5.74) is 2.33. The highest BCUT2D eigenvalue weighted by atomic mass is 32.2. The Hall–Kier alpha value is -2.64. The molecule has 29 heavy (non-hydrogen) atoms. The van der Waals surface area contributed by atoms with Crippen LogP contribution >= 0.6 is 23.1 Å². The zero-order valence-electron chi connectivity index (χ0n) is 16.1. The fourth-order valence-corrected chi connectivity index (χ4v) is 4.13. The van der Waals surface area contributed by atoms with Crippen molar-refractivity contribution in [1.82, 2.24) is 10.3 Å². The van der Waals surface area contributed by atoms with Gasteiger partial charge in [0.25, 0.3) is 5.91 Å². The van der Waals surface area contributed by atoms with E-state index in [0.29, 0.717) is 6.54 Å². The Morgan fingerprint density at radius 2 is 1.86 bits per heavy atom. The Morgan fingerprint density at radius 3 is 2.62 bits per heavy atom. The number of nitrogens with one attached hydrogen (secondary N) is 1. The molecule has 5 nitrogen and oxygen atoms in total. The van der Waals surface area contributed by atoms with Crippen LogP contribution < -0.4 is 5.32 Å². The summed E-state index contributed by atoms with van der Waals surface area (Å²) in [6, 6.07) is 18.0. The highest BCUT2D eigenvalue weighted by Crippen LogP contribution is 2.24. The molecule has 0 aliphatic carbocycles. The Morgan fingerprint density at radius 1 is 1.10 bits per heavy atom. The van der Waals surface area contributed by atoms with E-state index < -0.39 is 5.97 Å². The van der Waals surface area contributed by atoms with E-state index in [1.165, 1.54) is 16.2 Å². The van der Waals surface area contributed by atoms with Gasteiger partial charge < -0.3 is 10.1 Å². The van der Waals surface area contributed by atoms with E-state index in [1.807, 2.05) is 49.4 Å².